The van der Waals surface area contributed by atoms with Gasteiger partial charge in [-0.15, -0.1) is 0 Å². The molecule has 6 nitrogen and oxygen atoms in total. The van der Waals surface area contributed by atoms with E-state index in [9.17, 15) is 9.59 Å². The molecule has 0 bridgehead atoms. The Kier molecular flexibility index (Phi) is 5.84. The van der Waals surface area contributed by atoms with Crippen LogP contribution in [0.15, 0.2) is 24.3 Å². The molecule has 1 aromatic rings. The Morgan fingerprint density at radius 2 is 1.95 bits per heavy atom. The molecule has 0 aliphatic carbocycles. The van der Waals surface area contributed by atoms with E-state index in [1.165, 1.54) is 0 Å². The van der Waals surface area contributed by atoms with E-state index >= 15 is 0 Å². The topological polar surface area (TPSA) is 84.9 Å². The van der Waals surface area contributed by atoms with Crippen molar-refractivity contribution in [1.82, 2.24) is 5.32 Å². The van der Waals surface area contributed by atoms with E-state index in [1.807, 2.05) is 0 Å². The molecule has 2 N–H and O–H groups in total. The largest absolute Gasteiger partial charge is 0.489 e. The number of amides is 1. The maximum atomic E-state index is 11.6. The third kappa shape index (κ3) is 6.35. The average Bonchev–Trinajstić information content (AvgIpc) is 2.33. The molecule has 1 aromatic carbocycles. The van der Waals surface area contributed by atoms with E-state index in [0.717, 1.165) is 0 Å². The third-order valence-electron chi connectivity index (χ3n) is 2.23. The number of hydrogen-bond donors (Lipinski definition) is 2. The fourth-order valence-corrected chi connectivity index (χ4v) is 1.55. The SMILES string of the molecule is CC(C)(C)OC(=O)NC(COc1ccccc1Cl)C(=O)O. The van der Waals surface area contributed by atoms with Gasteiger partial charge in [0.25, 0.3) is 0 Å². The van der Waals surface area contributed by atoms with Crippen LogP contribution >= 0.6 is 11.6 Å². The summed E-state index contributed by atoms with van der Waals surface area (Å²) >= 11 is 5.90. The summed E-state index contributed by atoms with van der Waals surface area (Å²) in [5.41, 5.74) is -0.712. The highest BCUT2D eigenvalue weighted by molar-refractivity contribution is 6.32. The molecule has 1 unspecified atom stereocenters. The molecule has 116 valence electrons. The summed E-state index contributed by atoms with van der Waals surface area (Å²) in [5, 5.41) is 11.7. The highest BCUT2D eigenvalue weighted by Crippen LogP contribution is 2.23. The van der Waals surface area contributed by atoms with Gasteiger partial charge in [0.15, 0.2) is 6.04 Å². The van der Waals surface area contributed by atoms with E-state index < -0.39 is 23.7 Å². The first-order chi connectivity index (χ1) is 9.69. The van der Waals surface area contributed by atoms with E-state index in [0.29, 0.717) is 10.8 Å². The summed E-state index contributed by atoms with van der Waals surface area (Å²) in [4.78, 5) is 22.7. The first-order valence-corrected chi connectivity index (χ1v) is 6.66. The number of carboxylic acids is 1. The van der Waals surface area contributed by atoms with Gasteiger partial charge in [0, 0.05) is 0 Å². The normalized spacial score (nSPS) is 12.4. The summed E-state index contributed by atoms with van der Waals surface area (Å²) in [5.74, 6) is -0.885. The molecule has 0 saturated carbocycles. The van der Waals surface area contributed by atoms with Gasteiger partial charge in [-0.2, -0.15) is 0 Å². The minimum Gasteiger partial charge on any atom is -0.489 e. The van der Waals surface area contributed by atoms with Crippen LogP contribution in [0.2, 0.25) is 5.02 Å². The number of rotatable bonds is 5. The number of ether oxygens (including phenoxy) is 2. The van der Waals surface area contributed by atoms with Crippen LogP contribution in [0.25, 0.3) is 0 Å². The lowest BCUT2D eigenvalue weighted by atomic mass is 10.2. The van der Waals surface area contributed by atoms with Crippen LogP contribution in [0.3, 0.4) is 0 Å². The van der Waals surface area contributed by atoms with Crippen LogP contribution in [0.5, 0.6) is 5.75 Å². The van der Waals surface area contributed by atoms with Gasteiger partial charge in [-0.3, -0.25) is 0 Å². The number of alkyl carbamates (subject to hydrolysis) is 1. The van der Waals surface area contributed by atoms with Crippen LogP contribution < -0.4 is 10.1 Å². The number of benzene rings is 1. The Balaban J connectivity index is 2.61. The van der Waals surface area contributed by atoms with Crippen molar-refractivity contribution in [2.75, 3.05) is 6.61 Å². The molecule has 0 spiro atoms. The highest BCUT2D eigenvalue weighted by atomic mass is 35.5. The van der Waals surface area contributed by atoms with Gasteiger partial charge in [-0.25, -0.2) is 9.59 Å². The van der Waals surface area contributed by atoms with Crippen molar-refractivity contribution in [2.24, 2.45) is 0 Å². The predicted octanol–water partition coefficient (Wildman–Crippen LogP) is 2.70. The maximum Gasteiger partial charge on any atom is 0.408 e. The summed E-state index contributed by atoms with van der Waals surface area (Å²) in [6.07, 6.45) is -0.822. The Bertz CT molecular complexity index is 512. The second-order valence-corrected chi connectivity index (χ2v) is 5.69. The molecule has 1 amide bonds. The number of para-hydroxylation sites is 1. The minimum absolute atomic E-state index is 0.266. The molecule has 0 aliphatic rings. The lowest BCUT2D eigenvalue weighted by molar-refractivity contribution is -0.140. The number of carboxylic acid groups (broad SMARTS) is 1. The minimum atomic E-state index is -1.24. The fraction of sp³-hybridized carbons (Fsp3) is 0.429. The molecule has 0 saturated heterocycles. The molecular formula is C14H18ClNO5. The predicted molar refractivity (Wildman–Crippen MR) is 77.7 cm³/mol. The Morgan fingerprint density at radius 1 is 1.33 bits per heavy atom. The maximum absolute atomic E-state index is 11.6. The van der Waals surface area contributed by atoms with Gasteiger partial charge in [0.1, 0.15) is 18.0 Å². The molecule has 0 aliphatic heterocycles. The first-order valence-electron chi connectivity index (χ1n) is 6.28. The smallest absolute Gasteiger partial charge is 0.408 e. The molecule has 0 aromatic heterocycles. The number of hydrogen-bond acceptors (Lipinski definition) is 4. The number of halogens is 1. The molecule has 1 atom stereocenters. The van der Waals surface area contributed by atoms with Gasteiger partial charge in [-0.05, 0) is 32.9 Å². The van der Waals surface area contributed by atoms with Crippen molar-refractivity contribution in [1.29, 1.82) is 0 Å². The third-order valence-corrected chi connectivity index (χ3v) is 2.54. The molecule has 0 fully saturated rings. The first kappa shape index (κ1) is 17.1. The van der Waals surface area contributed by atoms with Crippen molar-refractivity contribution >= 4 is 23.7 Å². The van der Waals surface area contributed by atoms with Crippen molar-refractivity contribution in [3.8, 4) is 5.75 Å². The standard InChI is InChI=1S/C14H18ClNO5/c1-14(2,3)21-13(19)16-10(12(17)18)8-20-11-7-5-4-6-9(11)15/h4-7,10H,8H2,1-3H3,(H,16,19)(H,17,18). The van der Waals surface area contributed by atoms with Crippen molar-refractivity contribution in [3.05, 3.63) is 29.3 Å². The number of carbonyl (C=O) groups excluding carboxylic acids is 1. The molecule has 0 heterocycles. The zero-order valence-electron chi connectivity index (χ0n) is 12.1. The van der Waals surface area contributed by atoms with Gasteiger partial charge in [0.05, 0.1) is 5.02 Å². The van der Waals surface area contributed by atoms with Crippen LogP contribution in [-0.2, 0) is 9.53 Å². The summed E-state index contributed by atoms with van der Waals surface area (Å²) in [6, 6.07) is 5.42. The summed E-state index contributed by atoms with van der Waals surface area (Å²) in [6.45, 7) is 4.78. The monoisotopic (exact) mass is 315 g/mol. The quantitative estimate of drug-likeness (QED) is 0.872. The number of aliphatic carboxylic acids is 1. The second kappa shape index (κ2) is 7.17. The second-order valence-electron chi connectivity index (χ2n) is 5.28. The van der Waals surface area contributed by atoms with E-state index in [-0.39, 0.29) is 6.61 Å². The van der Waals surface area contributed by atoms with Crippen LogP contribution in [-0.4, -0.2) is 35.4 Å². The van der Waals surface area contributed by atoms with Gasteiger partial charge in [0.2, 0.25) is 0 Å². The highest BCUT2D eigenvalue weighted by Gasteiger charge is 2.24. The van der Waals surface area contributed by atoms with Crippen LogP contribution in [0, 0.1) is 0 Å². The Labute approximate surface area is 128 Å². The average molecular weight is 316 g/mol. The molecule has 7 heteroatoms. The van der Waals surface area contributed by atoms with Gasteiger partial charge in [-0.1, -0.05) is 23.7 Å². The molecular weight excluding hydrogens is 298 g/mol. The number of nitrogens with one attached hydrogen (secondary N) is 1. The van der Waals surface area contributed by atoms with Crippen molar-refractivity contribution in [3.63, 3.8) is 0 Å². The Morgan fingerprint density at radius 3 is 2.48 bits per heavy atom. The van der Waals surface area contributed by atoms with E-state index in [4.69, 9.17) is 26.2 Å². The van der Waals surface area contributed by atoms with Crippen LogP contribution in [0.1, 0.15) is 20.8 Å². The van der Waals surface area contributed by atoms with E-state index in [2.05, 4.69) is 5.32 Å². The number of carbonyl (C=O) groups is 2. The molecule has 1 rings (SSSR count). The summed E-state index contributed by atoms with van der Waals surface area (Å²) in [7, 11) is 0. The van der Waals surface area contributed by atoms with Crippen LogP contribution in [0.4, 0.5) is 4.79 Å². The van der Waals surface area contributed by atoms with Crippen molar-refractivity contribution < 1.29 is 24.2 Å². The Hall–Kier alpha value is -1.95. The fourth-order valence-electron chi connectivity index (χ4n) is 1.36. The molecule has 21 heavy (non-hydrogen) atoms. The zero-order valence-corrected chi connectivity index (χ0v) is 12.8. The van der Waals surface area contributed by atoms with Gasteiger partial charge >= 0.3 is 12.1 Å². The van der Waals surface area contributed by atoms with E-state index in [1.54, 1.807) is 45.0 Å². The molecule has 0 radical (unpaired) electrons. The lowest BCUT2D eigenvalue weighted by Crippen LogP contribution is -2.46. The van der Waals surface area contributed by atoms with Crippen molar-refractivity contribution in [2.45, 2.75) is 32.4 Å². The van der Waals surface area contributed by atoms with Gasteiger partial charge < -0.3 is 19.9 Å². The lowest BCUT2D eigenvalue weighted by Gasteiger charge is -2.22. The zero-order chi connectivity index (χ0) is 16.0. The summed E-state index contributed by atoms with van der Waals surface area (Å²) < 4.78 is 10.3.